The molecular formula is C13H14Cl2N2. The summed E-state index contributed by atoms with van der Waals surface area (Å²) in [6.07, 6.45) is 0.921. The lowest BCUT2D eigenvalue weighted by molar-refractivity contribution is 1.09. The van der Waals surface area contributed by atoms with E-state index in [2.05, 4.69) is 30.2 Å². The van der Waals surface area contributed by atoms with Crippen molar-refractivity contribution in [2.24, 2.45) is 0 Å². The third-order valence-corrected chi connectivity index (χ3v) is 3.18. The lowest BCUT2D eigenvalue weighted by Crippen LogP contribution is -2.03. The molecule has 2 nitrogen and oxygen atoms in total. The van der Waals surface area contributed by atoms with Crippen molar-refractivity contribution < 1.29 is 0 Å². The van der Waals surface area contributed by atoms with Crippen LogP contribution in [0.25, 0.3) is 10.9 Å². The van der Waals surface area contributed by atoms with Crippen LogP contribution < -0.4 is 5.32 Å². The monoisotopic (exact) mass is 268 g/mol. The maximum atomic E-state index is 6.18. The minimum absolute atomic E-state index is 0.613. The van der Waals surface area contributed by atoms with Gasteiger partial charge in [-0.1, -0.05) is 30.1 Å². The lowest BCUT2D eigenvalue weighted by Gasteiger charge is -2.11. The molecule has 0 radical (unpaired) electrons. The van der Waals surface area contributed by atoms with Crippen molar-refractivity contribution in [3.05, 3.63) is 33.8 Å². The average Bonchev–Trinajstić information content (AvgIpc) is 2.28. The fourth-order valence-corrected chi connectivity index (χ4v) is 2.37. The molecule has 0 aliphatic heterocycles. The number of anilines is 1. The van der Waals surface area contributed by atoms with E-state index in [1.54, 1.807) is 6.07 Å². The number of aromatic nitrogens is 1. The highest BCUT2D eigenvalue weighted by Crippen LogP contribution is 2.30. The van der Waals surface area contributed by atoms with Gasteiger partial charge in [-0.3, -0.25) is 0 Å². The van der Waals surface area contributed by atoms with Crippen LogP contribution in [0.4, 0.5) is 5.82 Å². The van der Waals surface area contributed by atoms with Crippen LogP contribution in [0.5, 0.6) is 0 Å². The number of fused-ring (bicyclic) bond motifs is 1. The zero-order valence-electron chi connectivity index (χ0n) is 9.85. The van der Waals surface area contributed by atoms with Crippen LogP contribution in [0.1, 0.15) is 19.4 Å². The van der Waals surface area contributed by atoms with Crippen LogP contribution in [0, 0.1) is 0 Å². The van der Waals surface area contributed by atoms with Crippen LogP contribution in [-0.4, -0.2) is 11.5 Å². The number of nitrogens with zero attached hydrogens (tertiary/aromatic N) is 1. The molecule has 2 aromatic rings. The van der Waals surface area contributed by atoms with Gasteiger partial charge < -0.3 is 5.32 Å². The van der Waals surface area contributed by atoms with Crippen molar-refractivity contribution in [1.29, 1.82) is 0 Å². The molecule has 17 heavy (non-hydrogen) atoms. The van der Waals surface area contributed by atoms with Crippen LogP contribution >= 0.6 is 23.2 Å². The Morgan fingerprint density at radius 1 is 1.18 bits per heavy atom. The Bertz CT molecular complexity index is 553. The smallest absolute Gasteiger partial charge is 0.129 e. The van der Waals surface area contributed by atoms with Crippen molar-refractivity contribution in [2.75, 3.05) is 11.9 Å². The van der Waals surface area contributed by atoms with Gasteiger partial charge in [-0.05, 0) is 37.1 Å². The molecule has 1 heterocycles. The summed E-state index contributed by atoms with van der Waals surface area (Å²) in [6, 6.07) is 5.67. The van der Waals surface area contributed by atoms with Crippen LogP contribution in [0.3, 0.4) is 0 Å². The quantitative estimate of drug-likeness (QED) is 0.885. The number of hydrogen-bond donors (Lipinski definition) is 1. The number of rotatable bonds is 3. The van der Waals surface area contributed by atoms with E-state index in [9.17, 15) is 0 Å². The van der Waals surface area contributed by atoms with Gasteiger partial charge in [-0.15, -0.1) is 0 Å². The second kappa shape index (κ2) is 5.11. The van der Waals surface area contributed by atoms with Crippen LogP contribution in [0.2, 0.25) is 10.0 Å². The Kier molecular flexibility index (Phi) is 3.75. The molecule has 0 fully saturated rings. The molecule has 1 N–H and O–H groups in total. The van der Waals surface area contributed by atoms with Gasteiger partial charge >= 0.3 is 0 Å². The molecule has 1 aromatic carbocycles. The molecule has 0 aliphatic rings. The van der Waals surface area contributed by atoms with Crippen molar-refractivity contribution >= 4 is 39.9 Å². The number of benzene rings is 1. The first kappa shape index (κ1) is 12.5. The first-order valence-corrected chi connectivity index (χ1v) is 6.43. The zero-order valence-corrected chi connectivity index (χ0v) is 11.4. The number of nitrogens with one attached hydrogen (secondary N) is 1. The molecule has 0 saturated carbocycles. The van der Waals surface area contributed by atoms with Gasteiger partial charge in [-0.2, -0.15) is 0 Å². The van der Waals surface area contributed by atoms with E-state index in [-0.39, 0.29) is 0 Å². The third-order valence-electron chi connectivity index (χ3n) is 2.65. The summed E-state index contributed by atoms with van der Waals surface area (Å²) < 4.78 is 0. The lowest BCUT2D eigenvalue weighted by atomic mass is 10.1. The minimum Gasteiger partial charge on any atom is -0.370 e. The largest absolute Gasteiger partial charge is 0.370 e. The molecule has 4 heteroatoms. The summed E-state index contributed by atoms with van der Waals surface area (Å²) >= 11 is 12.2. The Hall–Kier alpha value is -0.990. The van der Waals surface area contributed by atoms with Gasteiger partial charge in [0, 0.05) is 17.0 Å². The highest BCUT2D eigenvalue weighted by molar-refractivity contribution is 6.38. The molecule has 0 unspecified atom stereocenters. The van der Waals surface area contributed by atoms with E-state index >= 15 is 0 Å². The second-order valence-corrected chi connectivity index (χ2v) is 4.68. The average molecular weight is 269 g/mol. The van der Waals surface area contributed by atoms with Gasteiger partial charge in [0.1, 0.15) is 5.82 Å². The number of hydrogen-bond acceptors (Lipinski definition) is 2. The Balaban J connectivity index is 2.69. The molecule has 90 valence electrons. The molecule has 1 aromatic heterocycles. The summed E-state index contributed by atoms with van der Waals surface area (Å²) in [5.41, 5.74) is 2.00. The predicted molar refractivity (Wildman–Crippen MR) is 75.3 cm³/mol. The maximum absolute atomic E-state index is 6.18. The topological polar surface area (TPSA) is 24.9 Å². The molecule has 0 amide bonds. The Morgan fingerprint density at radius 2 is 1.94 bits per heavy atom. The first-order chi connectivity index (χ1) is 8.15. The molecule has 0 atom stereocenters. The number of pyridine rings is 1. The standard InChI is InChI=1S/C13H14Cl2N2/c1-3-8-5-10-11(15)6-9(14)7-12(10)17-13(8)16-4-2/h5-7H,3-4H2,1-2H3,(H,16,17). The fourth-order valence-electron chi connectivity index (χ4n) is 1.83. The van der Waals surface area contributed by atoms with Crippen molar-refractivity contribution in [1.82, 2.24) is 4.98 Å². The second-order valence-electron chi connectivity index (χ2n) is 3.83. The van der Waals surface area contributed by atoms with Gasteiger partial charge in [0.05, 0.1) is 10.5 Å². The SMILES string of the molecule is CCNc1nc2cc(Cl)cc(Cl)c2cc1CC. The normalized spacial score (nSPS) is 10.8. The van der Waals surface area contributed by atoms with E-state index in [0.29, 0.717) is 10.0 Å². The van der Waals surface area contributed by atoms with Crippen LogP contribution in [0.15, 0.2) is 18.2 Å². The van der Waals surface area contributed by atoms with Crippen molar-refractivity contribution in [3.8, 4) is 0 Å². The summed E-state index contributed by atoms with van der Waals surface area (Å²) in [5, 5.41) is 5.48. The molecule has 0 spiro atoms. The van der Waals surface area contributed by atoms with Gasteiger partial charge in [0.15, 0.2) is 0 Å². The summed E-state index contributed by atoms with van der Waals surface area (Å²) in [7, 11) is 0. The van der Waals surface area contributed by atoms with E-state index in [0.717, 1.165) is 29.7 Å². The van der Waals surface area contributed by atoms with E-state index in [1.165, 1.54) is 5.56 Å². The number of halogens is 2. The minimum atomic E-state index is 0.613. The van der Waals surface area contributed by atoms with E-state index < -0.39 is 0 Å². The van der Waals surface area contributed by atoms with Gasteiger partial charge in [-0.25, -0.2) is 4.98 Å². The molecule has 0 bridgehead atoms. The summed E-state index contributed by atoms with van der Waals surface area (Å²) in [4.78, 5) is 4.58. The van der Waals surface area contributed by atoms with E-state index in [4.69, 9.17) is 23.2 Å². The molecular weight excluding hydrogens is 255 g/mol. The Morgan fingerprint density at radius 3 is 2.59 bits per heavy atom. The van der Waals surface area contributed by atoms with Crippen LogP contribution in [-0.2, 0) is 6.42 Å². The summed E-state index contributed by atoms with van der Waals surface area (Å²) in [5.74, 6) is 0.917. The maximum Gasteiger partial charge on any atom is 0.129 e. The molecule has 0 saturated heterocycles. The van der Waals surface area contributed by atoms with Crippen molar-refractivity contribution in [2.45, 2.75) is 20.3 Å². The first-order valence-electron chi connectivity index (χ1n) is 5.68. The highest BCUT2D eigenvalue weighted by atomic mass is 35.5. The molecule has 0 aliphatic carbocycles. The van der Waals surface area contributed by atoms with Gasteiger partial charge in [0.2, 0.25) is 0 Å². The predicted octanol–water partition coefficient (Wildman–Crippen LogP) is 4.54. The zero-order chi connectivity index (χ0) is 12.4. The Labute approximate surface area is 111 Å². The van der Waals surface area contributed by atoms with Crippen molar-refractivity contribution in [3.63, 3.8) is 0 Å². The van der Waals surface area contributed by atoms with Gasteiger partial charge in [0.25, 0.3) is 0 Å². The summed E-state index contributed by atoms with van der Waals surface area (Å²) in [6.45, 7) is 5.00. The van der Waals surface area contributed by atoms with E-state index in [1.807, 2.05) is 6.07 Å². The number of aryl methyl sites for hydroxylation is 1. The fraction of sp³-hybridized carbons (Fsp3) is 0.308. The molecule has 2 rings (SSSR count). The highest BCUT2D eigenvalue weighted by Gasteiger charge is 2.08. The third kappa shape index (κ3) is 2.48.